The standard InChI is InChI=1S/C26H33N3O3.C2H6/c1-18(17-26(2,3)4)27-23(30)22-24(31)28-21-15-9-8-14-20(21)25(32)29(22)16-10-13-19-11-6-5-7-12-19;1-2/h5-9,11-12,14-15,18,22H,10,13,16-17H2,1-4H3,(H,27,30)(H,28,31);1-2H3. The highest BCUT2D eigenvalue weighted by Crippen LogP contribution is 2.25. The topological polar surface area (TPSA) is 78.5 Å². The number of rotatable bonds is 7. The van der Waals surface area contributed by atoms with Gasteiger partial charge in [0, 0.05) is 12.6 Å². The van der Waals surface area contributed by atoms with Crippen molar-refractivity contribution in [1.82, 2.24) is 10.2 Å². The molecule has 3 amide bonds. The van der Waals surface area contributed by atoms with Crippen molar-refractivity contribution < 1.29 is 14.4 Å². The van der Waals surface area contributed by atoms with E-state index in [1.165, 1.54) is 4.90 Å². The second-order valence-corrected chi connectivity index (χ2v) is 9.70. The van der Waals surface area contributed by atoms with Crippen molar-refractivity contribution in [2.75, 3.05) is 11.9 Å². The van der Waals surface area contributed by atoms with Crippen molar-refractivity contribution in [2.45, 2.75) is 72.9 Å². The fourth-order valence-corrected chi connectivity index (χ4v) is 4.27. The first-order chi connectivity index (χ1) is 16.2. The van der Waals surface area contributed by atoms with E-state index in [1.807, 2.05) is 51.1 Å². The fourth-order valence-electron chi connectivity index (χ4n) is 4.27. The molecule has 0 radical (unpaired) electrons. The van der Waals surface area contributed by atoms with E-state index in [0.29, 0.717) is 24.2 Å². The zero-order chi connectivity index (χ0) is 25.3. The lowest BCUT2D eigenvalue weighted by Crippen LogP contribution is -2.56. The van der Waals surface area contributed by atoms with Crippen LogP contribution in [0.15, 0.2) is 54.6 Å². The molecular formula is C28H39N3O3. The second kappa shape index (κ2) is 12.4. The molecule has 0 bridgehead atoms. The number of anilines is 1. The van der Waals surface area contributed by atoms with Gasteiger partial charge in [-0.05, 0) is 49.3 Å². The zero-order valence-corrected chi connectivity index (χ0v) is 21.4. The van der Waals surface area contributed by atoms with Crippen LogP contribution < -0.4 is 10.6 Å². The highest BCUT2D eigenvalue weighted by molar-refractivity contribution is 6.17. The number of amides is 3. The molecule has 0 aliphatic carbocycles. The summed E-state index contributed by atoms with van der Waals surface area (Å²) in [4.78, 5) is 41.2. The van der Waals surface area contributed by atoms with Crippen LogP contribution >= 0.6 is 0 Å². The lowest BCUT2D eigenvalue weighted by atomic mass is 9.88. The lowest BCUT2D eigenvalue weighted by Gasteiger charge is -2.30. The summed E-state index contributed by atoms with van der Waals surface area (Å²) in [5.74, 6) is -1.24. The van der Waals surface area contributed by atoms with E-state index in [2.05, 4.69) is 31.4 Å². The molecule has 1 aliphatic rings. The van der Waals surface area contributed by atoms with Crippen LogP contribution in [0.5, 0.6) is 0 Å². The van der Waals surface area contributed by atoms with Gasteiger partial charge in [-0.3, -0.25) is 14.4 Å². The van der Waals surface area contributed by atoms with Crippen molar-refractivity contribution in [3.63, 3.8) is 0 Å². The van der Waals surface area contributed by atoms with Gasteiger partial charge < -0.3 is 15.5 Å². The Morgan fingerprint density at radius 1 is 1.03 bits per heavy atom. The monoisotopic (exact) mass is 465 g/mol. The molecule has 2 aromatic rings. The summed E-state index contributed by atoms with van der Waals surface area (Å²) in [6.07, 6.45) is 2.16. The van der Waals surface area contributed by atoms with Gasteiger partial charge in [-0.2, -0.15) is 0 Å². The van der Waals surface area contributed by atoms with Crippen molar-refractivity contribution in [1.29, 1.82) is 0 Å². The van der Waals surface area contributed by atoms with Crippen LogP contribution in [0.4, 0.5) is 5.69 Å². The van der Waals surface area contributed by atoms with Crippen LogP contribution in [-0.4, -0.2) is 41.2 Å². The first kappa shape index (κ1) is 27.1. The highest BCUT2D eigenvalue weighted by Gasteiger charge is 2.40. The SMILES string of the molecule is CC.CC(CC(C)(C)C)NC(=O)C1C(=O)Nc2ccccc2C(=O)N1CCCc1ccccc1. The van der Waals surface area contributed by atoms with Crippen LogP contribution in [0.1, 0.15) is 70.3 Å². The smallest absolute Gasteiger partial charge is 0.257 e. The maximum atomic E-state index is 13.4. The Hall–Kier alpha value is -3.15. The molecule has 0 saturated carbocycles. The number of nitrogens with zero attached hydrogens (tertiary/aromatic N) is 1. The van der Waals surface area contributed by atoms with E-state index in [0.717, 1.165) is 18.4 Å². The number of fused-ring (bicyclic) bond motifs is 1. The Morgan fingerprint density at radius 2 is 1.65 bits per heavy atom. The van der Waals surface area contributed by atoms with Crippen LogP contribution in [0.3, 0.4) is 0 Å². The fraction of sp³-hybridized carbons (Fsp3) is 0.464. The summed E-state index contributed by atoms with van der Waals surface area (Å²) in [6.45, 7) is 12.5. The molecular weight excluding hydrogens is 426 g/mol. The van der Waals surface area contributed by atoms with Gasteiger partial charge >= 0.3 is 0 Å². The minimum absolute atomic E-state index is 0.0276. The summed E-state index contributed by atoms with van der Waals surface area (Å²) in [6, 6.07) is 15.5. The van der Waals surface area contributed by atoms with E-state index in [9.17, 15) is 14.4 Å². The number of carbonyl (C=O) groups excluding carboxylic acids is 3. The molecule has 1 aliphatic heterocycles. The number of hydrogen-bond acceptors (Lipinski definition) is 3. The average Bonchev–Trinajstić information content (AvgIpc) is 2.88. The van der Waals surface area contributed by atoms with Crippen molar-refractivity contribution in [2.24, 2.45) is 5.41 Å². The van der Waals surface area contributed by atoms with E-state index in [1.54, 1.807) is 24.3 Å². The summed E-state index contributed by atoms with van der Waals surface area (Å²) >= 11 is 0. The quantitative estimate of drug-likeness (QED) is 0.562. The number of carbonyl (C=O) groups is 3. The molecule has 1 heterocycles. The third kappa shape index (κ3) is 7.44. The van der Waals surface area contributed by atoms with Crippen LogP contribution in [-0.2, 0) is 16.0 Å². The van der Waals surface area contributed by atoms with E-state index in [-0.39, 0.29) is 17.4 Å². The Balaban J connectivity index is 0.00000199. The van der Waals surface area contributed by atoms with Gasteiger partial charge in [-0.15, -0.1) is 0 Å². The zero-order valence-electron chi connectivity index (χ0n) is 21.4. The molecule has 0 fully saturated rings. The maximum absolute atomic E-state index is 13.4. The second-order valence-electron chi connectivity index (χ2n) is 9.70. The van der Waals surface area contributed by atoms with Crippen LogP contribution in [0.2, 0.25) is 0 Å². The minimum atomic E-state index is -1.21. The molecule has 0 aromatic heterocycles. The van der Waals surface area contributed by atoms with Gasteiger partial charge in [-0.25, -0.2) is 0 Å². The molecule has 3 rings (SSSR count). The van der Waals surface area contributed by atoms with E-state index >= 15 is 0 Å². The van der Waals surface area contributed by atoms with Crippen LogP contribution in [0, 0.1) is 5.41 Å². The van der Waals surface area contributed by atoms with Crippen molar-refractivity contribution in [3.05, 3.63) is 65.7 Å². The first-order valence-corrected chi connectivity index (χ1v) is 12.2. The van der Waals surface area contributed by atoms with Gasteiger partial charge in [0.15, 0.2) is 6.04 Å². The predicted octanol–water partition coefficient (Wildman–Crippen LogP) is 5.05. The summed E-state index contributed by atoms with van der Waals surface area (Å²) in [7, 11) is 0. The van der Waals surface area contributed by atoms with Gasteiger partial charge in [0.2, 0.25) is 0 Å². The Labute approximate surface area is 204 Å². The molecule has 2 N–H and O–H groups in total. The number of para-hydroxylation sites is 1. The molecule has 6 heteroatoms. The maximum Gasteiger partial charge on any atom is 0.257 e. The molecule has 6 nitrogen and oxygen atoms in total. The lowest BCUT2D eigenvalue weighted by molar-refractivity contribution is -0.133. The molecule has 2 unspecified atom stereocenters. The molecule has 2 aromatic carbocycles. The summed E-state index contributed by atoms with van der Waals surface area (Å²) in [5.41, 5.74) is 2.02. The number of nitrogens with one attached hydrogen (secondary N) is 2. The Kier molecular flexibility index (Phi) is 9.84. The van der Waals surface area contributed by atoms with Crippen molar-refractivity contribution >= 4 is 23.4 Å². The van der Waals surface area contributed by atoms with Gasteiger partial charge in [0.1, 0.15) is 0 Å². The summed E-state index contributed by atoms with van der Waals surface area (Å²) in [5, 5.41) is 5.74. The number of benzene rings is 2. The Morgan fingerprint density at radius 3 is 2.29 bits per heavy atom. The Bertz CT molecular complexity index is 966. The number of aryl methyl sites for hydroxylation is 1. The normalized spacial score (nSPS) is 16.4. The third-order valence-electron chi connectivity index (χ3n) is 5.50. The minimum Gasteiger partial charge on any atom is -0.351 e. The van der Waals surface area contributed by atoms with E-state index in [4.69, 9.17) is 0 Å². The highest BCUT2D eigenvalue weighted by atomic mass is 16.2. The third-order valence-corrected chi connectivity index (χ3v) is 5.50. The molecule has 184 valence electrons. The van der Waals surface area contributed by atoms with Gasteiger partial charge in [-0.1, -0.05) is 77.1 Å². The van der Waals surface area contributed by atoms with Gasteiger partial charge in [0.25, 0.3) is 17.7 Å². The average molecular weight is 466 g/mol. The number of hydrogen-bond donors (Lipinski definition) is 2. The molecule has 0 spiro atoms. The first-order valence-electron chi connectivity index (χ1n) is 12.2. The van der Waals surface area contributed by atoms with Crippen LogP contribution in [0.25, 0.3) is 0 Å². The molecule has 34 heavy (non-hydrogen) atoms. The predicted molar refractivity (Wildman–Crippen MR) is 138 cm³/mol. The van der Waals surface area contributed by atoms with E-state index < -0.39 is 17.9 Å². The van der Waals surface area contributed by atoms with Crippen molar-refractivity contribution in [3.8, 4) is 0 Å². The molecule has 2 atom stereocenters. The summed E-state index contributed by atoms with van der Waals surface area (Å²) < 4.78 is 0. The van der Waals surface area contributed by atoms with Gasteiger partial charge in [0.05, 0.1) is 11.3 Å². The molecule has 0 saturated heterocycles. The largest absolute Gasteiger partial charge is 0.351 e.